The molecule has 2 rings (SSSR count). The summed E-state index contributed by atoms with van der Waals surface area (Å²) in [4.78, 5) is 11.6. The van der Waals surface area contributed by atoms with E-state index in [1.165, 1.54) is 0 Å². The van der Waals surface area contributed by atoms with Crippen LogP contribution in [0.5, 0.6) is 11.5 Å². The van der Waals surface area contributed by atoms with Crippen LogP contribution in [-0.4, -0.2) is 24.3 Å². The van der Waals surface area contributed by atoms with E-state index in [9.17, 15) is 9.90 Å². The molecular weight excluding hydrogens is 304 g/mol. The first kappa shape index (κ1) is 17.6. The van der Waals surface area contributed by atoms with Gasteiger partial charge in [-0.2, -0.15) is 0 Å². The van der Waals surface area contributed by atoms with Crippen molar-refractivity contribution in [2.75, 3.05) is 7.11 Å². The number of carbonyl (C=O) groups is 1. The van der Waals surface area contributed by atoms with E-state index in [1.54, 1.807) is 25.3 Å². The van der Waals surface area contributed by atoms with Crippen molar-refractivity contribution in [2.45, 2.75) is 26.9 Å². The maximum atomic E-state index is 11.6. The Morgan fingerprint density at radius 2 is 1.75 bits per heavy atom. The lowest BCUT2D eigenvalue weighted by atomic mass is 10.0. The fourth-order valence-electron chi connectivity index (χ4n) is 2.29. The highest BCUT2D eigenvalue weighted by molar-refractivity contribution is 6.20. The first-order chi connectivity index (χ1) is 11.4. The number of hydrogen-bond acceptors (Lipinski definition) is 3. The highest BCUT2D eigenvalue weighted by Gasteiger charge is 2.12. The Labute approximate surface area is 142 Å². The molecule has 0 aliphatic carbocycles. The molecule has 2 aromatic rings. The standard InChI is InChI=1S/C20H22O4/c1-13(2)24-18-10-7-15(12-19(18)23-4)11-17(20(21)22)16-8-5-14(3)6-9-16/h5-13H,1-4H3,(H,21,22)/b17-11-. The molecule has 0 radical (unpaired) electrons. The minimum absolute atomic E-state index is 0.0300. The average molecular weight is 326 g/mol. The molecule has 2 aromatic carbocycles. The molecule has 0 aliphatic rings. The van der Waals surface area contributed by atoms with Crippen LogP contribution in [-0.2, 0) is 4.79 Å². The van der Waals surface area contributed by atoms with Crippen molar-refractivity contribution in [2.24, 2.45) is 0 Å². The van der Waals surface area contributed by atoms with Gasteiger partial charge in [-0.25, -0.2) is 4.79 Å². The van der Waals surface area contributed by atoms with Crippen LogP contribution in [0.3, 0.4) is 0 Å². The van der Waals surface area contributed by atoms with Crippen molar-refractivity contribution < 1.29 is 19.4 Å². The van der Waals surface area contributed by atoms with Gasteiger partial charge in [-0.1, -0.05) is 35.9 Å². The number of methoxy groups -OCH3 is 1. The lowest BCUT2D eigenvalue weighted by Gasteiger charge is -2.14. The van der Waals surface area contributed by atoms with Gasteiger partial charge in [-0.15, -0.1) is 0 Å². The van der Waals surface area contributed by atoms with E-state index in [4.69, 9.17) is 9.47 Å². The highest BCUT2D eigenvalue weighted by atomic mass is 16.5. The molecule has 0 spiro atoms. The van der Waals surface area contributed by atoms with Crippen LogP contribution in [0.25, 0.3) is 11.6 Å². The molecule has 0 heterocycles. The van der Waals surface area contributed by atoms with Gasteiger partial charge in [0.1, 0.15) is 0 Å². The molecule has 24 heavy (non-hydrogen) atoms. The van der Waals surface area contributed by atoms with Crippen molar-refractivity contribution in [1.82, 2.24) is 0 Å². The summed E-state index contributed by atoms with van der Waals surface area (Å²) in [6, 6.07) is 12.8. The summed E-state index contributed by atoms with van der Waals surface area (Å²) in [7, 11) is 1.56. The molecule has 0 aliphatic heterocycles. The van der Waals surface area contributed by atoms with Gasteiger partial charge in [0.05, 0.1) is 18.8 Å². The largest absolute Gasteiger partial charge is 0.493 e. The highest BCUT2D eigenvalue weighted by Crippen LogP contribution is 2.30. The molecule has 1 N–H and O–H groups in total. The van der Waals surface area contributed by atoms with Gasteiger partial charge < -0.3 is 14.6 Å². The summed E-state index contributed by atoms with van der Waals surface area (Å²) in [5, 5.41) is 9.53. The van der Waals surface area contributed by atoms with Crippen molar-refractivity contribution in [1.29, 1.82) is 0 Å². The predicted octanol–water partition coefficient (Wildman–Crippen LogP) is 4.42. The summed E-state index contributed by atoms with van der Waals surface area (Å²) >= 11 is 0. The van der Waals surface area contributed by atoms with Crippen molar-refractivity contribution in [3.63, 3.8) is 0 Å². The Hall–Kier alpha value is -2.75. The summed E-state index contributed by atoms with van der Waals surface area (Å²) in [6.07, 6.45) is 1.66. The normalized spacial score (nSPS) is 11.5. The molecule has 4 heteroatoms. The Bertz CT molecular complexity index is 743. The lowest BCUT2D eigenvalue weighted by molar-refractivity contribution is -0.130. The molecule has 0 bridgehead atoms. The lowest BCUT2D eigenvalue weighted by Crippen LogP contribution is -2.06. The number of benzene rings is 2. The van der Waals surface area contributed by atoms with Crippen LogP contribution in [0, 0.1) is 6.92 Å². The summed E-state index contributed by atoms with van der Waals surface area (Å²) in [5.74, 6) is 0.239. The van der Waals surface area contributed by atoms with Crippen LogP contribution < -0.4 is 9.47 Å². The second-order valence-electron chi connectivity index (χ2n) is 5.81. The van der Waals surface area contributed by atoms with E-state index in [1.807, 2.05) is 51.1 Å². The summed E-state index contributed by atoms with van der Waals surface area (Å²) in [5.41, 5.74) is 2.71. The van der Waals surface area contributed by atoms with Gasteiger partial charge in [0, 0.05) is 0 Å². The van der Waals surface area contributed by atoms with Gasteiger partial charge in [0.25, 0.3) is 0 Å². The summed E-state index contributed by atoms with van der Waals surface area (Å²) < 4.78 is 11.0. The molecule has 0 fully saturated rings. The van der Waals surface area contributed by atoms with E-state index in [2.05, 4.69) is 0 Å². The van der Waals surface area contributed by atoms with Gasteiger partial charge in [-0.05, 0) is 50.1 Å². The second-order valence-corrected chi connectivity index (χ2v) is 5.81. The zero-order valence-corrected chi connectivity index (χ0v) is 14.4. The SMILES string of the molecule is COc1cc(/C=C(\C(=O)O)c2ccc(C)cc2)ccc1OC(C)C. The zero-order chi connectivity index (χ0) is 17.7. The number of hydrogen-bond donors (Lipinski definition) is 1. The first-order valence-electron chi connectivity index (χ1n) is 7.77. The van der Waals surface area contributed by atoms with E-state index in [0.717, 1.165) is 11.1 Å². The molecule has 0 unspecified atom stereocenters. The number of rotatable bonds is 6. The van der Waals surface area contributed by atoms with Crippen LogP contribution in [0.15, 0.2) is 42.5 Å². The quantitative estimate of drug-likeness (QED) is 0.631. The van der Waals surface area contributed by atoms with E-state index < -0.39 is 5.97 Å². The monoisotopic (exact) mass is 326 g/mol. The van der Waals surface area contributed by atoms with Gasteiger partial charge in [0.15, 0.2) is 11.5 Å². The number of aliphatic carboxylic acids is 1. The Kier molecular flexibility index (Phi) is 5.64. The third-order valence-corrected chi connectivity index (χ3v) is 3.45. The molecule has 4 nitrogen and oxygen atoms in total. The Morgan fingerprint density at radius 3 is 2.29 bits per heavy atom. The van der Waals surface area contributed by atoms with Gasteiger partial charge >= 0.3 is 5.97 Å². The van der Waals surface area contributed by atoms with E-state index >= 15 is 0 Å². The van der Waals surface area contributed by atoms with Crippen LogP contribution in [0.4, 0.5) is 0 Å². The molecule has 0 saturated carbocycles. The van der Waals surface area contributed by atoms with Crippen molar-refractivity contribution in [3.05, 3.63) is 59.2 Å². The Balaban J connectivity index is 2.42. The fourth-order valence-corrected chi connectivity index (χ4v) is 2.29. The molecule has 0 atom stereocenters. The van der Waals surface area contributed by atoms with E-state index in [0.29, 0.717) is 17.1 Å². The molecule has 0 amide bonds. The van der Waals surface area contributed by atoms with Crippen LogP contribution in [0.2, 0.25) is 0 Å². The number of ether oxygens (including phenoxy) is 2. The van der Waals surface area contributed by atoms with Crippen LogP contribution >= 0.6 is 0 Å². The number of carboxylic acids is 1. The van der Waals surface area contributed by atoms with Crippen molar-refractivity contribution >= 4 is 17.6 Å². The second kappa shape index (κ2) is 7.68. The van der Waals surface area contributed by atoms with Crippen LogP contribution in [0.1, 0.15) is 30.5 Å². The number of carboxylic acid groups (broad SMARTS) is 1. The maximum absolute atomic E-state index is 11.6. The minimum Gasteiger partial charge on any atom is -0.493 e. The van der Waals surface area contributed by atoms with Gasteiger partial charge in [0.2, 0.25) is 0 Å². The first-order valence-corrected chi connectivity index (χ1v) is 7.77. The molecular formula is C20H22O4. The topological polar surface area (TPSA) is 55.8 Å². The summed E-state index contributed by atoms with van der Waals surface area (Å²) in [6.45, 7) is 5.84. The van der Waals surface area contributed by atoms with E-state index in [-0.39, 0.29) is 11.7 Å². The number of aryl methyl sites for hydroxylation is 1. The predicted molar refractivity (Wildman–Crippen MR) is 95.4 cm³/mol. The zero-order valence-electron chi connectivity index (χ0n) is 14.4. The molecule has 126 valence electrons. The fraction of sp³-hybridized carbons (Fsp3) is 0.250. The maximum Gasteiger partial charge on any atom is 0.336 e. The third-order valence-electron chi connectivity index (χ3n) is 3.45. The molecule has 0 aromatic heterocycles. The van der Waals surface area contributed by atoms with Gasteiger partial charge in [-0.3, -0.25) is 0 Å². The average Bonchev–Trinajstić information content (AvgIpc) is 2.54. The van der Waals surface area contributed by atoms with Crippen molar-refractivity contribution in [3.8, 4) is 11.5 Å². The third kappa shape index (κ3) is 4.38. The molecule has 0 saturated heterocycles. The smallest absolute Gasteiger partial charge is 0.336 e. The Morgan fingerprint density at radius 1 is 1.08 bits per heavy atom. The minimum atomic E-state index is -0.972.